The summed E-state index contributed by atoms with van der Waals surface area (Å²) in [7, 11) is 0. The number of aryl methyl sites for hydroxylation is 1. The van der Waals surface area contributed by atoms with Crippen LogP contribution in [0.3, 0.4) is 0 Å². The zero-order chi connectivity index (χ0) is 19.3. The molecule has 1 aliphatic heterocycles. The molecule has 28 heavy (non-hydrogen) atoms. The smallest absolute Gasteiger partial charge is 0.223 e. The quantitative estimate of drug-likeness (QED) is 0.705. The number of fused-ring (bicyclic) bond motifs is 1. The summed E-state index contributed by atoms with van der Waals surface area (Å²) in [6.45, 7) is 5.68. The summed E-state index contributed by atoms with van der Waals surface area (Å²) in [6.07, 6.45) is 1.88. The molecule has 1 aliphatic rings. The summed E-state index contributed by atoms with van der Waals surface area (Å²) in [5, 5.41) is 5.60. The molecule has 3 aromatic rings. The predicted molar refractivity (Wildman–Crippen MR) is 115 cm³/mol. The number of carbonyl (C=O) groups is 1. The number of piperidine rings is 1. The number of nitrogens with zero attached hydrogens (tertiary/aromatic N) is 1. The van der Waals surface area contributed by atoms with Crippen LogP contribution in [0.1, 0.15) is 29.5 Å². The van der Waals surface area contributed by atoms with Gasteiger partial charge in [0.05, 0.1) is 0 Å². The van der Waals surface area contributed by atoms with Gasteiger partial charge in [-0.2, -0.15) is 0 Å². The number of nitrogens with one attached hydrogen (secondary N) is 1. The van der Waals surface area contributed by atoms with Gasteiger partial charge in [0.2, 0.25) is 5.91 Å². The number of hydrogen-bond donors (Lipinski definition) is 1. The van der Waals surface area contributed by atoms with Crippen LogP contribution in [0.4, 0.5) is 0 Å². The monoisotopic (exact) mass is 372 g/mol. The molecule has 1 saturated heterocycles. The van der Waals surface area contributed by atoms with E-state index in [0.29, 0.717) is 6.54 Å². The second-order valence-electron chi connectivity index (χ2n) is 7.94. The van der Waals surface area contributed by atoms with E-state index in [2.05, 4.69) is 83.9 Å². The van der Waals surface area contributed by atoms with Crippen molar-refractivity contribution in [1.29, 1.82) is 0 Å². The maximum absolute atomic E-state index is 12.6. The lowest BCUT2D eigenvalue weighted by Gasteiger charge is -2.31. The average molecular weight is 373 g/mol. The van der Waals surface area contributed by atoms with E-state index in [-0.39, 0.29) is 11.8 Å². The van der Waals surface area contributed by atoms with Gasteiger partial charge in [0.15, 0.2) is 0 Å². The highest BCUT2D eigenvalue weighted by Gasteiger charge is 2.24. The number of hydrogen-bond acceptors (Lipinski definition) is 2. The second kappa shape index (κ2) is 8.57. The molecule has 0 atom stereocenters. The minimum Gasteiger partial charge on any atom is -0.352 e. The Morgan fingerprint density at radius 1 is 0.929 bits per heavy atom. The van der Waals surface area contributed by atoms with Crippen LogP contribution in [0.25, 0.3) is 10.8 Å². The van der Waals surface area contributed by atoms with Crippen LogP contribution >= 0.6 is 0 Å². The molecule has 3 aromatic carbocycles. The Kier molecular flexibility index (Phi) is 5.73. The fourth-order valence-corrected chi connectivity index (χ4v) is 3.99. The van der Waals surface area contributed by atoms with Gasteiger partial charge < -0.3 is 5.32 Å². The van der Waals surface area contributed by atoms with E-state index in [1.807, 2.05) is 0 Å². The van der Waals surface area contributed by atoms with Gasteiger partial charge in [-0.25, -0.2) is 0 Å². The lowest BCUT2D eigenvalue weighted by molar-refractivity contribution is -0.126. The van der Waals surface area contributed by atoms with E-state index in [1.165, 1.54) is 21.9 Å². The fourth-order valence-electron chi connectivity index (χ4n) is 3.99. The number of amides is 1. The maximum Gasteiger partial charge on any atom is 0.223 e. The summed E-state index contributed by atoms with van der Waals surface area (Å²) in [5.74, 6) is 0.331. The standard InChI is InChI=1S/C25H28N2O/c1-19-6-8-20(9-7-19)18-27-14-12-23(13-15-27)25(28)26-17-21-10-11-22-4-2-3-5-24(22)16-21/h2-11,16,23H,12-15,17-18H2,1H3,(H,26,28). The van der Waals surface area contributed by atoms with Gasteiger partial charge in [0.25, 0.3) is 0 Å². The van der Waals surface area contributed by atoms with Crippen LogP contribution < -0.4 is 5.32 Å². The Balaban J connectivity index is 1.26. The highest BCUT2D eigenvalue weighted by molar-refractivity contribution is 5.83. The van der Waals surface area contributed by atoms with Crippen molar-refractivity contribution in [3.63, 3.8) is 0 Å². The van der Waals surface area contributed by atoms with Gasteiger partial charge in [0, 0.05) is 19.0 Å². The maximum atomic E-state index is 12.6. The van der Waals surface area contributed by atoms with Crippen molar-refractivity contribution in [2.45, 2.75) is 32.9 Å². The normalized spacial score (nSPS) is 15.6. The van der Waals surface area contributed by atoms with Gasteiger partial charge in [-0.05, 0) is 60.8 Å². The molecular formula is C25H28N2O. The first-order chi connectivity index (χ1) is 13.7. The molecule has 3 nitrogen and oxygen atoms in total. The Labute approximate surface area is 167 Å². The summed E-state index contributed by atoms with van der Waals surface area (Å²) >= 11 is 0. The number of carbonyl (C=O) groups excluding carboxylic acids is 1. The molecule has 0 spiro atoms. The molecule has 1 fully saturated rings. The van der Waals surface area contributed by atoms with Gasteiger partial charge in [-0.15, -0.1) is 0 Å². The van der Waals surface area contributed by atoms with E-state index >= 15 is 0 Å². The summed E-state index contributed by atoms with van der Waals surface area (Å²) in [5.41, 5.74) is 3.80. The van der Waals surface area contributed by atoms with Crippen molar-refractivity contribution < 1.29 is 4.79 Å². The topological polar surface area (TPSA) is 32.3 Å². The molecule has 0 bridgehead atoms. The fraction of sp³-hybridized carbons (Fsp3) is 0.320. The van der Waals surface area contributed by atoms with Crippen LogP contribution in [0.15, 0.2) is 66.7 Å². The van der Waals surface area contributed by atoms with Crippen LogP contribution in [0.2, 0.25) is 0 Å². The third kappa shape index (κ3) is 4.60. The van der Waals surface area contributed by atoms with E-state index in [0.717, 1.165) is 38.0 Å². The van der Waals surface area contributed by atoms with E-state index in [4.69, 9.17) is 0 Å². The summed E-state index contributed by atoms with van der Waals surface area (Å²) in [4.78, 5) is 15.1. The zero-order valence-corrected chi connectivity index (χ0v) is 16.5. The first kappa shape index (κ1) is 18.7. The van der Waals surface area contributed by atoms with Crippen molar-refractivity contribution in [3.05, 3.63) is 83.4 Å². The second-order valence-corrected chi connectivity index (χ2v) is 7.94. The van der Waals surface area contributed by atoms with Gasteiger partial charge in [-0.3, -0.25) is 9.69 Å². The minimum atomic E-state index is 0.134. The molecule has 1 amide bonds. The van der Waals surface area contributed by atoms with Gasteiger partial charge in [-0.1, -0.05) is 66.2 Å². The number of likely N-dealkylation sites (tertiary alicyclic amines) is 1. The van der Waals surface area contributed by atoms with E-state index < -0.39 is 0 Å². The molecule has 0 unspecified atom stereocenters. The Morgan fingerprint density at radius 3 is 2.36 bits per heavy atom. The van der Waals surface area contributed by atoms with Crippen LogP contribution in [-0.4, -0.2) is 23.9 Å². The molecule has 0 aromatic heterocycles. The molecule has 1 N–H and O–H groups in total. The Hall–Kier alpha value is -2.65. The number of benzene rings is 3. The molecule has 1 heterocycles. The van der Waals surface area contributed by atoms with Gasteiger partial charge >= 0.3 is 0 Å². The Bertz CT molecular complexity index is 940. The van der Waals surface area contributed by atoms with E-state index in [9.17, 15) is 4.79 Å². The third-order valence-electron chi connectivity index (χ3n) is 5.77. The first-order valence-corrected chi connectivity index (χ1v) is 10.2. The van der Waals surface area contributed by atoms with Crippen molar-refractivity contribution in [3.8, 4) is 0 Å². The van der Waals surface area contributed by atoms with Crippen molar-refractivity contribution in [2.24, 2.45) is 5.92 Å². The molecule has 3 heteroatoms. The molecule has 0 aliphatic carbocycles. The highest BCUT2D eigenvalue weighted by atomic mass is 16.1. The first-order valence-electron chi connectivity index (χ1n) is 10.2. The molecule has 4 rings (SSSR count). The highest BCUT2D eigenvalue weighted by Crippen LogP contribution is 2.20. The largest absolute Gasteiger partial charge is 0.352 e. The summed E-state index contributed by atoms with van der Waals surface area (Å²) < 4.78 is 0. The van der Waals surface area contributed by atoms with Crippen molar-refractivity contribution >= 4 is 16.7 Å². The SMILES string of the molecule is Cc1ccc(CN2CCC(C(=O)NCc3ccc4ccccc4c3)CC2)cc1. The van der Waals surface area contributed by atoms with Crippen LogP contribution in [0, 0.1) is 12.8 Å². The lowest BCUT2D eigenvalue weighted by atomic mass is 9.95. The molecule has 0 saturated carbocycles. The van der Waals surface area contributed by atoms with E-state index in [1.54, 1.807) is 0 Å². The average Bonchev–Trinajstić information content (AvgIpc) is 2.74. The zero-order valence-electron chi connectivity index (χ0n) is 16.5. The van der Waals surface area contributed by atoms with Crippen LogP contribution in [-0.2, 0) is 17.9 Å². The molecule has 0 radical (unpaired) electrons. The third-order valence-corrected chi connectivity index (χ3v) is 5.77. The minimum absolute atomic E-state index is 0.134. The molecular weight excluding hydrogens is 344 g/mol. The Morgan fingerprint density at radius 2 is 1.61 bits per heavy atom. The lowest BCUT2D eigenvalue weighted by Crippen LogP contribution is -2.40. The predicted octanol–water partition coefficient (Wildman–Crippen LogP) is 4.68. The van der Waals surface area contributed by atoms with Crippen LogP contribution in [0.5, 0.6) is 0 Å². The number of rotatable bonds is 5. The van der Waals surface area contributed by atoms with Gasteiger partial charge in [0.1, 0.15) is 0 Å². The molecule has 144 valence electrons. The summed E-state index contributed by atoms with van der Waals surface area (Å²) in [6, 6.07) is 23.5. The van der Waals surface area contributed by atoms with Crippen molar-refractivity contribution in [2.75, 3.05) is 13.1 Å². The van der Waals surface area contributed by atoms with Crippen molar-refractivity contribution in [1.82, 2.24) is 10.2 Å².